The van der Waals surface area contributed by atoms with Gasteiger partial charge in [-0.05, 0) is 56.0 Å². The number of nitrogens with zero attached hydrogens (tertiary/aromatic N) is 2. The number of nitrogens with one attached hydrogen (secondary N) is 1. The molecule has 5 rings (SSSR count). The lowest BCUT2D eigenvalue weighted by atomic mass is 9.87. The van der Waals surface area contributed by atoms with E-state index in [1.165, 1.54) is 11.3 Å². The van der Waals surface area contributed by atoms with Crippen LogP contribution < -0.4 is 5.32 Å². The van der Waals surface area contributed by atoms with Crippen molar-refractivity contribution in [1.82, 2.24) is 14.8 Å². The van der Waals surface area contributed by atoms with Gasteiger partial charge in [0.25, 0.3) is 0 Å². The molecule has 0 aliphatic carbocycles. The first-order valence-corrected chi connectivity index (χ1v) is 11.3. The Bertz CT molecular complexity index is 818. The van der Waals surface area contributed by atoms with Gasteiger partial charge in [0.05, 0.1) is 24.8 Å². The van der Waals surface area contributed by atoms with Crippen molar-refractivity contribution in [2.75, 3.05) is 19.7 Å². The van der Waals surface area contributed by atoms with Crippen LogP contribution in [-0.4, -0.2) is 64.9 Å². The summed E-state index contributed by atoms with van der Waals surface area (Å²) >= 11 is 0. The summed E-state index contributed by atoms with van der Waals surface area (Å²) in [6, 6.07) is 14.7. The second kappa shape index (κ2) is 8.81. The molecule has 0 radical (unpaired) electrons. The van der Waals surface area contributed by atoms with Crippen LogP contribution in [0.25, 0.3) is 0 Å². The molecule has 0 saturated carbocycles. The summed E-state index contributed by atoms with van der Waals surface area (Å²) in [5, 5.41) is 14.8. The summed E-state index contributed by atoms with van der Waals surface area (Å²) in [5.74, 6) is 0.703. The van der Waals surface area contributed by atoms with Crippen LogP contribution in [-0.2, 0) is 29.5 Å². The Labute approximate surface area is 178 Å². The number of hydrogen-bond donors (Lipinski definition) is 2. The van der Waals surface area contributed by atoms with Gasteiger partial charge >= 0.3 is 0 Å². The van der Waals surface area contributed by atoms with Gasteiger partial charge in [0.15, 0.2) is 6.29 Å². The Morgan fingerprint density at radius 2 is 1.90 bits per heavy atom. The lowest BCUT2D eigenvalue weighted by Gasteiger charge is -2.46. The molecule has 2 bridgehead atoms. The summed E-state index contributed by atoms with van der Waals surface area (Å²) in [7, 11) is 2.04. The van der Waals surface area contributed by atoms with Crippen LogP contribution in [0.1, 0.15) is 24.1 Å². The predicted molar refractivity (Wildman–Crippen MR) is 115 cm³/mol. The Balaban J connectivity index is 1.20. The molecule has 6 heteroatoms. The smallest absolute Gasteiger partial charge is 0.176 e. The maximum Gasteiger partial charge on any atom is 0.176 e. The fraction of sp³-hybridized carbons (Fsp3) is 0.583. The van der Waals surface area contributed by atoms with Gasteiger partial charge in [0.1, 0.15) is 6.10 Å². The van der Waals surface area contributed by atoms with Crippen molar-refractivity contribution >= 4 is 0 Å². The maximum absolute atomic E-state index is 11.3. The van der Waals surface area contributed by atoms with Gasteiger partial charge in [0.2, 0.25) is 0 Å². The fourth-order valence-corrected chi connectivity index (χ4v) is 5.35. The molecule has 0 amide bonds. The first kappa shape index (κ1) is 20.2. The number of hydrogen-bond acceptors (Lipinski definition) is 5. The molecule has 30 heavy (non-hydrogen) atoms. The third-order valence-corrected chi connectivity index (χ3v) is 7.14. The Kier molecular flexibility index (Phi) is 5.94. The number of aromatic nitrogens is 1. The molecule has 3 aliphatic heterocycles. The number of fused-ring (bicyclic) bond motifs is 2. The van der Waals surface area contributed by atoms with Crippen molar-refractivity contribution < 1.29 is 14.6 Å². The summed E-state index contributed by atoms with van der Waals surface area (Å²) in [6.45, 7) is 3.23. The van der Waals surface area contributed by atoms with Crippen LogP contribution in [0, 0.1) is 5.92 Å². The maximum atomic E-state index is 11.3. The highest BCUT2D eigenvalue weighted by Crippen LogP contribution is 2.34. The Morgan fingerprint density at radius 3 is 2.63 bits per heavy atom. The molecule has 4 heterocycles. The summed E-state index contributed by atoms with van der Waals surface area (Å²) < 4.78 is 14.2. The van der Waals surface area contributed by atoms with E-state index < -0.39 is 6.10 Å². The van der Waals surface area contributed by atoms with Crippen molar-refractivity contribution in [3.63, 3.8) is 0 Å². The molecule has 3 saturated heterocycles. The number of ether oxygens (including phenoxy) is 2. The molecule has 5 atom stereocenters. The minimum atomic E-state index is -0.498. The highest BCUT2D eigenvalue weighted by atomic mass is 16.7. The monoisotopic (exact) mass is 411 g/mol. The van der Waals surface area contributed by atoms with Crippen molar-refractivity contribution in [2.24, 2.45) is 13.0 Å². The van der Waals surface area contributed by atoms with Crippen LogP contribution in [0.15, 0.2) is 48.7 Å². The predicted octanol–water partition coefficient (Wildman–Crippen LogP) is 1.92. The van der Waals surface area contributed by atoms with Crippen LogP contribution in [0.2, 0.25) is 0 Å². The van der Waals surface area contributed by atoms with Gasteiger partial charge in [-0.1, -0.05) is 30.3 Å². The van der Waals surface area contributed by atoms with Gasteiger partial charge < -0.3 is 24.5 Å². The van der Waals surface area contributed by atoms with E-state index in [0.717, 1.165) is 32.4 Å². The van der Waals surface area contributed by atoms with Crippen LogP contribution in [0.3, 0.4) is 0 Å². The molecule has 3 aliphatic rings. The van der Waals surface area contributed by atoms with E-state index in [9.17, 15) is 5.11 Å². The van der Waals surface area contributed by atoms with E-state index in [2.05, 4.69) is 51.2 Å². The fourth-order valence-electron chi connectivity index (χ4n) is 5.35. The highest BCUT2D eigenvalue weighted by molar-refractivity contribution is 5.15. The van der Waals surface area contributed by atoms with Crippen molar-refractivity contribution in [1.29, 1.82) is 0 Å². The Hall–Kier alpha value is -1.70. The van der Waals surface area contributed by atoms with E-state index in [1.807, 2.05) is 19.3 Å². The average molecular weight is 412 g/mol. The second-order valence-corrected chi connectivity index (χ2v) is 9.04. The van der Waals surface area contributed by atoms with Crippen molar-refractivity contribution in [2.45, 2.75) is 56.4 Å². The number of aliphatic hydroxyl groups excluding tert-OH is 1. The molecule has 3 fully saturated rings. The zero-order valence-corrected chi connectivity index (χ0v) is 17.7. The van der Waals surface area contributed by atoms with Gasteiger partial charge in [-0.2, -0.15) is 0 Å². The quantitative estimate of drug-likeness (QED) is 0.761. The van der Waals surface area contributed by atoms with E-state index in [1.54, 1.807) is 0 Å². The number of likely N-dealkylation sites (tertiary alicyclic amines) is 1. The molecule has 1 aromatic heterocycles. The number of rotatable bonds is 6. The normalized spacial score (nSPS) is 32.5. The minimum Gasteiger partial charge on any atom is -0.390 e. The highest BCUT2D eigenvalue weighted by Gasteiger charge is 2.52. The first-order valence-electron chi connectivity index (χ1n) is 11.3. The third-order valence-electron chi connectivity index (χ3n) is 7.14. The van der Waals surface area contributed by atoms with Gasteiger partial charge in [-0.15, -0.1) is 0 Å². The molecular weight excluding hydrogens is 378 g/mol. The standard InChI is InChI=1S/C24H33N3O3/c1-26-11-5-8-19(26)15-25-21-20-16-29-24(30-20)22(23(21)28)27-12-9-18(10-13-27)14-17-6-3-2-4-7-17/h2-8,11,18,20-25,28H,9-10,12-16H2,1H3/t20-,21-,22-,23+,24-/m1/s1. The lowest BCUT2D eigenvalue weighted by molar-refractivity contribution is -0.186. The topological polar surface area (TPSA) is 58.9 Å². The van der Waals surface area contributed by atoms with E-state index in [0.29, 0.717) is 19.1 Å². The zero-order chi connectivity index (χ0) is 20.5. The van der Waals surface area contributed by atoms with E-state index in [-0.39, 0.29) is 24.5 Å². The van der Waals surface area contributed by atoms with Crippen LogP contribution >= 0.6 is 0 Å². The van der Waals surface area contributed by atoms with E-state index >= 15 is 0 Å². The molecule has 162 valence electrons. The minimum absolute atomic E-state index is 0.0860. The van der Waals surface area contributed by atoms with Gasteiger partial charge in [0, 0.05) is 25.5 Å². The molecule has 1 aromatic carbocycles. The second-order valence-electron chi connectivity index (χ2n) is 9.04. The third kappa shape index (κ3) is 4.07. The largest absolute Gasteiger partial charge is 0.390 e. The molecule has 0 unspecified atom stereocenters. The molecule has 0 spiro atoms. The average Bonchev–Trinajstić information content (AvgIpc) is 3.37. The molecule has 2 N–H and O–H groups in total. The number of aryl methyl sites for hydroxylation is 1. The Morgan fingerprint density at radius 1 is 1.10 bits per heavy atom. The number of piperidine rings is 1. The summed E-state index contributed by atoms with van der Waals surface area (Å²) in [4.78, 5) is 2.40. The van der Waals surface area contributed by atoms with Crippen LogP contribution in [0.4, 0.5) is 0 Å². The molecular formula is C24H33N3O3. The zero-order valence-electron chi connectivity index (χ0n) is 17.7. The molecule has 6 nitrogen and oxygen atoms in total. The van der Waals surface area contributed by atoms with Crippen molar-refractivity contribution in [3.8, 4) is 0 Å². The van der Waals surface area contributed by atoms with Crippen LogP contribution in [0.5, 0.6) is 0 Å². The van der Waals surface area contributed by atoms with Gasteiger partial charge in [-0.25, -0.2) is 0 Å². The molecule has 2 aromatic rings. The van der Waals surface area contributed by atoms with Crippen molar-refractivity contribution in [3.05, 3.63) is 59.9 Å². The summed E-state index contributed by atoms with van der Waals surface area (Å²) in [5.41, 5.74) is 2.62. The summed E-state index contributed by atoms with van der Waals surface area (Å²) in [6.07, 6.45) is 4.58. The van der Waals surface area contributed by atoms with Gasteiger partial charge in [-0.3, -0.25) is 4.90 Å². The first-order chi connectivity index (χ1) is 14.7. The lowest BCUT2D eigenvalue weighted by Crippen LogP contribution is -2.65. The number of aliphatic hydroxyl groups is 1. The number of benzene rings is 1. The SMILES string of the molecule is Cn1cccc1CN[C@H]1[C@H](O)[C@@H](N2CCC(Cc3ccccc3)CC2)[C@@H]2OC[C@H]1O2. The van der Waals surface area contributed by atoms with E-state index in [4.69, 9.17) is 9.47 Å².